The van der Waals surface area contributed by atoms with Crippen LogP contribution in [0.25, 0.3) is 4.96 Å². The van der Waals surface area contributed by atoms with Crippen LogP contribution in [0.1, 0.15) is 35.2 Å². The second kappa shape index (κ2) is 6.88. The number of nitrogens with zero attached hydrogens (tertiary/aromatic N) is 5. The number of rotatable bonds is 4. The highest BCUT2D eigenvalue weighted by Gasteiger charge is 2.29. The van der Waals surface area contributed by atoms with Crippen molar-refractivity contribution in [3.8, 4) is 0 Å². The Balaban J connectivity index is 1.52. The van der Waals surface area contributed by atoms with Gasteiger partial charge in [-0.1, -0.05) is 35.1 Å². The summed E-state index contributed by atoms with van der Waals surface area (Å²) in [7, 11) is -3.13. The first-order valence-corrected chi connectivity index (χ1v) is 11.3. The minimum Gasteiger partial charge on any atom is -0.213 e. The van der Waals surface area contributed by atoms with Crippen LogP contribution in [0.4, 0.5) is 0 Å². The van der Waals surface area contributed by atoms with Gasteiger partial charge in [0.05, 0.1) is 6.26 Å². The lowest BCUT2D eigenvalue weighted by atomic mass is 9.97. The van der Waals surface area contributed by atoms with E-state index in [2.05, 4.69) is 15.3 Å². The van der Waals surface area contributed by atoms with Crippen molar-refractivity contribution in [1.82, 2.24) is 24.1 Å². The van der Waals surface area contributed by atoms with Gasteiger partial charge in [-0.25, -0.2) is 12.7 Å². The largest absolute Gasteiger partial charge is 0.234 e. The maximum absolute atomic E-state index is 11.7. The van der Waals surface area contributed by atoms with Crippen LogP contribution in [0, 0.1) is 0 Å². The molecule has 0 N–H and O–H groups in total. The van der Waals surface area contributed by atoms with Crippen LogP contribution in [0.3, 0.4) is 0 Å². The summed E-state index contributed by atoms with van der Waals surface area (Å²) in [6.45, 7) is 1.03. The van der Waals surface area contributed by atoms with Crippen LogP contribution in [0.15, 0.2) is 24.3 Å². The molecule has 26 heavy (non-hydrogen) atoms. The molecule has 1 aromatic carbocycles. The fourth-order valence-electron chi connectivity index (χ4n) is 3.22. The quantitative estimate of drug-likeness (QED) is 0.659. The molecule has 1 aliphatic rings. The van der Waals surface area contributed by atoms with Crippen LogP contribution in [0.5, 0.6) is 0 Å². The van der Waals surface area contributed by atoms with E-state index in [1.807, 2.05) is 28.8 Å². The first kappa shape index (κ1) is 17.8. The molecule has 3 aromatic rings. The third-order valence-electron chi connectivity index (χ3n) is 4.61. The number of fused-ring (bicyclic) bond motifs is 1. The Hall–Kier alpha value is -1.55. The molecule has 0 spiro atoms. The fraction of sp³-hybridized carbons (Fsp3) is 0.438. The summed E-state index contributed by atoms with van der Waals surface area (Å²) >= 11 is 7.46. The van der Waals surface area contributed by atoms with E-state index in [1.165, 1.54) is 21.9 Å². The topological polar surface area (TPSA) is 80.5 Å². The van der Waals surface area contributed by atoms with Gasteiger partial charge in [0.1, 0.15) is 5.01 Å². The lowest BCUT2D eigenvalue weighted by molar-refractivity contribution is 0.313. The predicted molar refractivity (Wildman–Crippen MR) is 101 cm³/mol. The Labute approximate surface area is 160 Å². The highest BCUT2D eigenvalue weighted by atomic mass is 35.5. The average Bonchev–Trinajstić information content (AvgIpc) is 3.16. The molecule has 2 aromatic heterocycles. The zero-order chi connectivity index (χ0) is 18.3. The summed E-state index contributed by atoms with van der Waals surface area (Å²) in [4.78, 5) is 0.773. The zero-order valence-corrected chi connectivity index (χ0v) is 16.6. The summed E-state index contributed by atoms with van der Waals surface area (Å²) in [6.07, 6.45) is 3.44. The molecule has 0 amide bonds. The van der Waals surface area contributed by atoms with Crippen LogP contribution >= 0.6 is 22.9 Å². The van der Waals surface area contributed by atoms with Gasteiger partial charge in [-0.05, 0) is 30.5 Å². The smallest absolute Gasteiger partial charge is 0.213 e. The number of halogens is 1. The van der Waals surface area contributed by atoms with Crippen LogP contribution in [-0.4, -0.2) is 51.9 Å². The van der Waals surface area contributed by atoms with Crippen molar-refractivity contribution in [2.75, 3.05) is 19.3 Å². The molecule has 1 fully saturated rings. The van der Waals surface area contributed by atoms with Crippen molar-refractivity contribution in [1.29, 1.82) is 0 Å². The molecule has 0 aliphatic carbocycles. The Morgan fingerprint density at radius 3 is 2.54 bits per heavy atom. The Bertz CT molecular complexity index is 1020. The van der Waals surface area contributed by atoms with Crippen molar-refractivity contribution >= 4 is 37.9 Å². The molecule has 1 saturated heterocycles. The summed E-state index contributed by atoms with van der Waals surface area (Å²) < 4.78 is 26.7. The first-order valence-electron chi connectivity index (χ1n) is 8.31. The van der Waals surface area contributed by atoms with Crippen molar-refractivity contribution in [2.45, 2.75) is 25.2 Å². The molecule has 138 valence electrons. The van der Waals surface area contributed by atoms with Crippen molar-refractivity contribution < 1.29 is 8.42 Å². The van der Waals surface area contributed by atoms with Gasteiger partial charge in [0.15, 0.2) is 5.82 Å². The van der Waals surface area contributed by atoms with Gasteiger partial charge >= 0.3 is 0 Å². The monoisotopic (exact) mass is 411 g/mol. The number of piperidine rings is 1. The highest BCUT2D eigenvalue weighted by Crippen LogP contribution is 2.29. The second-order valence-electron chi connectivity index (χ2n) is 6.49. The van der Waals surface area contributed by atoms with Crippen LogP contribution in [-0.2, 0) is 16.4 Å². The number of sulfonamides is 1. The predicted octanol–water partition coefficient (Wildman–Crippen LogP) is 2.57. The molecule has 7 nitrogen and oxygen atoms in total. The lowest BCUT2D eigenvalue weighted by Gasteiger charge is -2.28. The SMILES string of the molecule is CS(=O)(=O)N1CCC(c2nnc3sc(Cc4ccc(Cl)cc4)nn23)CC1. The second-order valence-corrected chi connectivity index (χ2v) is 9.95. The lowest BCUT2D eigenvalue weighted by Crippen LogP contribution is -2.37. The summed E-state index contributed by atoms with van der Waals surface area (Å²) in [5.74, 6) is 1.00. The minimum atomic E-state index is -3.13. The number of hydrogen-bond donors (Lipinski definition) is 0. The molecule has 10 heteroatoms. The summed E-state index contributed by atoms with van der Waals surface area (Å²) in [5, 5.41) is 14.9. The van der Waals surface area contributed by atoms with Gasteiger partial charge in [0.2, 0.25) is 15.0 Å². The molecule has 4 rings (SSSR count). The maximum atomic E-state index is 11.7. The molecule has 0 saturated carbocycles. The highest BCUT2D eigenvalue weighted by molar-refractivity contribution is 7.88. The van der Waals surface area contributed by atoms with Gasteiger partial charge in [0.25, 0.3) is 0 Å². The van der Waals surface area contributed by atoms with Crippen molar-refractivity contribution in [3.63, 3.8) is 0 Å². The third kappa shape index (κ3) is 3.62. The van der Waals surface area contributed by atoms with Crippen molar-refractivity contribution in [3.05, 3.63) is 45.7 Å². The van der Waals surface area contributed by atoms with Gasteiger partial charge in [-0.15, -0.1) is 10.2 Å². The van der Waals surface area contributed by atoms with Gasteiger partial charge < -0.3 is 0 Å². The molecule has 0 unspecified atom stereocenters. The first-order chi connectivity index (χ1) is 12.4. The van der Waals surface area contributed by atoms with Gasteiger partial charge in [-0.3, -0.25) is 0 Å². The third-order valence-corrected chi connectivity index (χ3v) is 7.07. The van der Waals surface area contributed by atoms with E-state index in [-0.39, 0.29) is 5.92 Å². The van der Waals surface area contributed by atoms with Crippen LogP contribution in [0.2, 0.25) is 5.02 Å². The van der Waals surface area contributed by atoms with Gasteiger partial charge in [-0.2, -0.15) is 9.61 Å². The molecule has 3 heterocycles. The van der Waals surface area contributed by atoms with E-state index in [9.17, 15) is 8.42 Å². The standard InChI is InChI=1S/C16H18ClN5O2S2/c1-26(23,24)21-8-6-12(7-9-21)15-18-19-16-22(15)20-14(25-16)10-11-2-4-13(17)5-3-11/h2-5,12H,6-10H2,1H3. The van der Waals surface area contributed by atoms with Crippen LogP contribution < -0.4 is 0 Å². The molecule has 0 radical (unpaired) electrons. The minimum absolute atomic E-state index is 0.175. The molecular formula is C16H18ClN5O2S2. The Kier molecular flexibility index (Phi) is 4.72. The molecule has 1 aliphatic heterocycles. The van der Waals surface area contributed by atoms with Crippen molar-refractivity contribution in [2.24, 2.45) is 0 Å². The maximum Gasteiger partial charge on any atom is 0.234 e. The average molecular weight is 412 g/mol. The normalized spacial score (nSPS) is 17.2. The number of benzene rings is 1. The van der Waals surface area contributed by atoms with E-state index >= 15 is 0 Å². The van der Waals surface area contributed by atoms with E-state index in [0.717, 1.165) is 45.6 Å². The number of hydrogen-bond acceptors (Lipinski definition) is 6. The number of aromatic nitrogens is 4. The van der Waals surface area contributed by atoms with E-state index < -0.39 is 10.0 Å². The molecule has 0 bridgehead atoms. The Morgan fingerprint density at radius 2 is 1.88 bits per heavy atom. The van der Waals surface area contributed by atoms with Gasteiger partial charge in [0, 0.05) is 30.5 Å². The summed E-state index contributed by atoms with van der Waals surface area (Å²) in [6, 6.07) is 7.73. The van der Waals surface area contributed by atoms with E-state index in [1.54, 1.807) is 0 Å². The fourth-order valence-corrected chi connectivity index (χ4v) is 5.09. The van der Waals surface area contributed by atoms with E-state index in [0.29, 0.717) is 13.1 Å². The zero-order valence-electron chi connectivity index (χ0n) is 14.2. The Morgan fingerprint density at radius 1 is 1.19 bits per heavy atom. The summed E-state index contributed by atoms with van der Waals surface area (Å²) in [5.41, 5.74) is 1.14. The molecular weight excluding hydrogens is 394 g/mol. The van der Waals surface area contributed by atoms with E-state index in [4.69, 9.17) is 11.6 Å². The molecule has 0 atom stereocenters.